The van der Waals surface area contributed by atoms with Gasteiger partial charge in [0.05, 0.1) is 17.4 Å². The SMILES string of the molecule is CCc1cc(C(F)(C(F)(F)F)C(F)(F)F)ccc1[C@]1(S(=O)(=O)c2ccc(F)cc2)CCN(C(=O)Cc2nnn[nH]2)[C@@H]1C. The quantitative estimate of drug-likeness (QED) is 0.301. The van der Waals surface area contributed by atoms with E-state index < -0.39 is 60.8 Å². The molecule has 17 heteroatoms. The third-order valence-corrected chi connectivity index (χ3v) is 10.2. The van der Waals surface area contributed by atoms with Crippen molar-refractivity contribution in [1.82, 2.24) is 25.5 Å². The molecule has 0 bridgehead atoms. The summed E-state index contributed by atoms with van der Waals surface area (Å²) in [6.45, 7) is 2.52. The van der Waals surface area contributed by atoms with E-state index in [1.807, 2.05) is 0 Å². The van der Waals surface area contributed by atoms with Crippen molar-refractivity contribution in [3.05, 3.63) is 70.8 Å². The number of nitrogens with zero attached hydrogens (tertiary/aromatic N) is 4. The van der Waals surface area contributed by atoms with Crippen molar-refractivity contribution < 1.29 is 48.3 Å². The van der Waals surface area contributed by atoms with Gasteiger partial charge in [0.15, 0.2) is 15.7 Å². The van der Waals surface area contributed by atoms with Crippen LogP contribution in [-0.2, 0) is 37.9 Å². The number of halogens is 8. The number of H-pyrrole nitrogens is 1. The average molecular weight is 626 g/mol. The van der Waals surface area contributed by atoms with Crippen LogP contribution in [0.1, 0.15) is 42.8 Å². The zero-order valence-corrected chi connectivity index (χ0v) is 22.7. The summed E-state index contributed by atoms with van der Waals surface area (Å²) in [6, 6.07) is 3.76. The van der Waals surface area contributed by atoms with Gasteiger partial charge in [-0.25, -0.2) is 22.3 Å². The van der Waals surface area contributed by atoms with Crippen LogP contribution in [0.3, 0.4) is 0 Å². The molecule has 0 spiro atoms. The molecule has 1 aromatic heterocycles. The number of benzene rings is 2. The Balaban J connectivity index is 1.94. The fraction of sp³-hybridized carbons (Fsp3) is 0.440. The summed E-state index contributed by atoms with van der Waals surface area (Å²) in [5.74, 6) is -1.33. The van der Waals surface area contributed by atoms with E-state index in [4.69, 9.17) is 0 Å². The molecular formula is C25H23F8N5O3S. The molecule has 1 fully saturated rings. The lowest BCUT2D eigenvalue weighted by molar-refractivity contribution is -0.348. The molecule has 3 aromatic rings. The number of sulfone groups is 1. The normalized spacial score (nSPS) is 20.2. The minimum atomic E-state index is -6.38. The van der Waals surface area contributed by atoms with E-state index in [1.54, 1.807) is 0 Å². The van der Waals surface area contributed by atoms with Crippen LogP contribution in [0.5, 0.6) is 0 Å². The highest BCUT2D eigenvalue weighted by molar-refractivity contribution is 7.92. The number of hydrogen-bond acceptors (Lipinski definition) is 6. The van der Waals surface area contributed by atoms with Gasteiger partial charge >= 0.3 is 18.0 Å². The number of aromatic nitrogens is 4. The number of amides is 1. The van der Waals surface area contributed by atoms with Crippen molar-refractivity contribution in [2.24, 2.45) is 0 Å². The molecule has 1 aliphatic rings. The molecular weight excluding hydrogens is 602 g/mol. The van der Waals surface area contributed by atoms with Crippen molar-refractivity contribution in [3.63, 3.8) is 0 Å². The maximum Gasteiger partial charge on any atom is 0.435 e. The van der Waals surface area contributed by atoms with E-state index in [2.05, 4.69) is 20.6 Å². The topological polar surface area (TPSA) is 109 Å². The van der Waals surface area contributed by atoms with Crippen molar-refractivity contribution >= 4 is 15.7 Å². The van der Waals surface area contributed by atoms with Gasteiger partial charge in [0.2, 0.25) is 5.91 Å². The molecule has 1 aliphatic heterocycles. The number of likely N-dealkylation sites (tertiary alicyclic amines) is 1. The van der Waals surface area contributed by atoms with Crippen LogP contribution in [0.15, 0.2) is 47.4 Å². The lowest BCUT2D eigenvalue weighted by Gasteiger charge is -2.38. The van der Waals surface area contributed by atoms with Gasteiger partial charge in [0.25, 0.3) is 0 Å². The summed E-state index contributed by atoms with van der Waals surface area (Å²) in [5.41, 5.74) is -8.03. The zero-order chi connectivity index (χ0) is 31.3. The maximum absolute atomic E-state index is 14.9. The van der Waals surface area contributed by atoms with Crippen LogP contribution in [-0.4, -0.2) is 64.8 Å². The summed E-state index contributed by atoms with van der Waals surface area (Å²) in [7, 11) is -4.63. The molecule has 1 N–H and O–H groups in total. The first-order valence-corrected chi connectivity index (χ1v) is 13.9. The molecule has 8 nitrogen and oxygen atoms in total. The Morgan fingerprint density at radius 2 is 1.67 bits per heavy atom. The van der Waals surface area contributed by atoms with Gasteiger partial charge in [-0.3, -0.25) is 4.79 Å². The summed E-state index contributed by atoms with van der Waals surface area (Å²) < 4.78 is 136. The van der Waals surface area contributed by atoms with Gasteiger partial charge in [0, 0.05) is 12.1 Å². The Kier molecular flexibility index (Phi) is 7.88. The maximum atomic E-state index is 14.9. The second-order valence-corrected chi connectivity index (χ2v) is 12.0. The number of aromatic amines is 1. The van der Waals surface area contributed by atoms with Gasteiger partial charge in [-0.15, -0.1) is 5.10 Å². The minimum absolute atomic E-state index is 0.0586. The summed E-state index contributed by atoms with van der Waals surface area (Å²) >= 11 is 0. The van der Waals surface area contributed by atoms with Crippen molar-refractivity contribution in [2.45, 2.75) is 66.8 Å². The van der Waals surface area contributed by atoms with E-state index in [1.165, 1.54) is 18.7 Å². The Hall–Kier alpha value is -3.63. The Labute approximate surface area is 234 Å². The predicted molar refractivity (Wildman–Crippen MR) is 130 cm³/mol. The van der Waals surface area contributed by atoms with Crippen LogP contribution in [0, 0.1) is 5.82 Å². The van der Waals surface area contributed by atoms with E-state index in [0.29, 0.717) is 6.07 Å². The number of alkyl halides is 7. The lowest BCUT2D eigenvalue weighted by atomic mass is 9.83. The summed E-state index contributed by atoms with van der Waals surface area (Å²) in [5, 5.41) is 12.7. The van der Waals surface area contributed by atoms with Gasteiger partial charge in [-0.05, 0) is 65.6 Å². The molecule has 228 valence electrons. The van der Waals surface area contributed by atoms with Crippen LogP contribution < -0.4 is 0 Å². The number of rotatable bonds is 7. The third kappa shape index (κ3) is 4.80. The van der Waals surface area contributed by atoms with Gasteiger partial charge in [-0.2, -0.15) is 26.3 Å². The molecule has 1 amide bonds. The number of carbonyl (C=O) groups is 1. The Morgan fingerprint density at radius 1 is 1.05 bits per heavy atom. The second kappa shape index (κ2) is 10.6. The largest absolute Gasteiger partial charge is 0.435 e. The molecule has 1 saturated heterocycles. The van der Waals surface area contributed by atoms with Crippen LogP contribution in [0.2, 0.25) is 0 Å². The fourth-order valence-corrected chi connectivity index (χ4v) is 7.81. The molecule has 0 unspecified atom stereocenters. The van der Waals surface area contributed by atoms with E-state index in [-0.39, 0.29) is 48.8 Å². The number of tetrazole rings is 1. The minimum Gasteiger partial charge on any atom is -0.338 e. The molecule has 0 radical (unpaired) electrons. The summed E-state index contributed by atoms with van der Waals surface area (Å²) in [6.07, 6.45) is -13.8. The standard InChI is InChI=1S/C25H23F8N5O3S/c1-3-15-12-16(23(27,24(28,29)30)25(31,32)33)4-9-19(15)22(42(40,41)18-7-5-17(26)6-8-18)10-11-38(14(22)2)21(39)13-20-34-36-37-35-20/h4-9,12,14H,3,10-11,13H2,1-2H3,(H,34,35,36,37)/t14-,22+/m1/s1. The Bertz CT molecular complexity index is 1550. The third-order valence-electron chi connectivity index (χ3n) is 7.62. The van der Waals surface area contributed by atoms with E-state index in [9.17, 15) is 48.3 Å². The Morgan fingerprint density at radius 3 is 2.19 bits per heavy atom. The predicted octanol–water partition coefficient (Wildman–Crippen LogP) is 4.72. The van der Waals surface area contributed by atoms with Crippen molar-refractivity contribution in [1.29, 1.82) is 0 Å². The molecule has 42 heavy (non-hydrogen) atoms. The number of aryl methyl sites for hydroxylation is 1. The zero-order valence-electron chi connectivity index (χ0n) is 21.9. The molecule has 2 heterocycles. The smallest absolute Gasteiger partial charge is 0.338 e. The fourth-order valence-electron chi connectivity index (χ4n) is 5.47. The number of nitrogens with one attached hydrogen (secondary N) is 1. The van der Waals surface area contributed by atoms with Crippen LogP contribution in [0.4, 0.5) is 35.1 Å². The lowest BCUT2D eigenvalue weighted by Crippen LogP contribution is -2.51. The van der Waals surface area contributed by atoms with Gasteiger partial charge in [0.1, 0.15) is 10.6 Å². The average Bonchev–Trinajstić information content (AvgIpc) is 3.54. The van der Waals surface area contributed by atoms with E-state index in [0.717, 1.165) is 30.3 Å². The summed E-state index contributed by atoms with van der Waals surface area (Å²) in [4.78, 5) is 14.0. The van der Waals surface area contributed by atoms with Crippen LogP contribution in [0.25, 0.3) is 0 Å². The number of hydrogen-bond donors (Lipinski definition) is 1. The van der Waals surface area contributed by atoms with E-state index >= 15 is 0 Å². The molecule has 2 aromatic carbocycles. The molecule has 4 rings (SSSR count). The first-order chi connectivity index (χ1) is 19.4. The highest BCUT2D eigenvalue weighted by Crippen LogP contribution is 2.55. The van der Waals surface area contributed by atoms with Crippen LogP contribution >= 0.6 is 0 Å². The first-order valence-electron chi connectivity index (χ1n) is 12.4. The monoisotopic (exact) mass is 625 g/mol. The molecule has 0 saturated carbocycles. The van der Waals surface area contributed by atoms with Crippen molar-refractivity contribution in [3.8, 4) is 0 Å². The van der Waals surface area contributed by atoms with Gasteiger partial charge < -0.3 is 4.90 Å². The number of carbonyl (C=O) groups excluding carboxylic acids is 1. The highest BCUT2D eigenvalue weighted by atomic mass is 32.2. The highest BCUT2D eigenvalue weighted by Gasteiger charge is 2.73. The first kappa shape index (κ1) is 31.3. The molecule has 2 atom stereocenters. The van der Waals surface area contributed by atoms with Gasteiger partial charge in [-0.1, -0.05) is 25.1 Å². The second-order valence-electron chi connectivity index (χ2n) is 9.76. The van der Waals surface area contributed by atoms with Crippen molar-refractivity contribution in [2.75, 3.05) is 6.54 Å². The molecule has 0 aliphatic carbocycles.